The van der Waals surface area contributed by atoms with Crippen molar-refractivity contribution >= 4 is 27.5 Å². The van der Waals surface area contributed by atoms with Crippen molar-refractivity contribution in [1.82, 2.24) is 4.31 Å². The Balaban J connectivity index is 1.75. The van der Waals surface area contributed by atoms with Crippen LogP contribution < -0.4 is 14.4 Å². The average molecular weight is 509 g/mol. The van der Waals surface area contributed by atoms with E-state index in [4.69, 9.17) is 9.47 Å². The topological polar surface area (TPSA) is 93.2 Å². The molecule has 0 bridgehead atoms. The second-order valence-electron chi connectivity index (χ2n) is 8.31. The first-order chi connectivity index (χ1) is 17.3. The molecule has 0 aromatic heterocycles. The van der Waals surface area contributed by atoms with Gasteiger partial charge in [-0.1, -0.05) is 30.3 Å². The average Bonchev–Trinajstić information content (AvgIpc) is 3.18. The molecule has 0 saturated carbocycles. The van der Waals surface area contributed by atoms with Gasteiger partial charge >= 0.3 is 0 Å². The van der Waals surface area contributed by atoms with Gasteiger partial charge in [-0.05, 0) is 67.9 Å². The molecule has 1 aliphatic rings. The third-order valence-corrected chi connectivity index (χ3v) is 8.13. The van der Waals surface area contributed by atoms with E-state index in [9.17, 15) is 18.0 Å². The summed E-state index contributed by atoms with van der Waals surface area (Å²) in [5, 5.41) is 0. The number of ether oxygens (including phenoxy) is 2. The zero-order valence-electron chi connectivity index (χ0n) is 20.3. The monoisotopic (exact) mass is 508 g/mol. The van der Waals surface area contributed by atoms with Gasteiger partial charge in [-0.25, -0.2) is 13.3 Å². The van der Waals surface area contributed by atoms with Crippen molar-refractivity contribution < 1.29 is 27.5 Å². The molecule has 0 radical (unpaired) electrons. The lowest BCUT2D eigenvalue weighted by Gasteiger charge is -2.32. The fourth-order valence-electron chi connectivity index (χ4n) is 4.34. The van der Waals surface area contributed by atoms with E-state index >= 15 is 0 Å². The highest BCUT2D eigenvalue weighted by atomic mass is 32.2. The molecule has 4 rings (SSSR count). The fourth-order valence-corrected chi connectivity index (χ4v) is 6.10. The Labute approximate surface area is 211 Å². The van der Waals surface area contributed by atoms with Gasteiger partial charge in [0.05, 0.1) is 30.7 Å². The molecule has 36 heavy (non-hydrogen) atoms. The highest BCUT2D eigenvalue weighted by Gasteiger charge is 2.48. The van der Waals surface area contributed by atoms with Gasteiger partial charge in [-0.15, -0.1) is 0 Å². The summed E-state index contributed by atoms with van der Waals surface area (Å²) < 4.78 is 39.6. The molecule has 0 spiro atoms. The van der Waals surface area contributed by atoms with Crippen LogP contribution in [-0.2, 0) is 19.6 Å². The largest absolute Gasteiger partial charge is 0.497 e. The quantitative estimate of drug-likeness (QED) is 0.403. The number of carbonyl (C=O) groups is 2. The van der Waals surface area contributed by atoms with Crippen molar-refractivity contribution in [2.45, 2.75) is 37.2 Å². The molecule has 2 amide bonds. The van der Waals surface area contributed by atoms with Crippen LogP contribution >= 0.6 is 0 Å². The summed E-state index contributed by atoms with van der Waals surface area (Å²) >= 11 is 0. The number of amides is 2. The maximum Gasteiger partial charge on any atom is 0.252 e. The lowest BCUT2D eigenvalue weighted by atomic mass is 10.1. The summed E-state index contributed by atoms with van der Waals surface area (Å²) in [4.78, 5) is 27.7. The van der Waals surface area contributed by atoms with Crippen LogP contribution in [-0.4, -0.2) is 44.3 Å². The minimum Gasteiger partial charge on any atom is -0.497 e. The molecular formula is C27H28N2O6S. The van der Waals surface area contributed by atoms with E-state index in [0.29, 0.717) is 29.4 Å². The highest BCUT2D eigenvalue weighted by Crippen LogP contribution is 2.36. The van der Waals surface area contributed by atoms with Crippen LogP contribution in [0.5, 0.6) is 11.5 Å². The molecule has 2 unspecified atom stereocenters. The van der Waals surface area contributed by atoms with Gasteiger partial charge < -0.3 is 9.47 Å². The minimum atomic E-state index is -4.17. The lowest BCUT2D eigenvalue weighted by Crippen LogP contribution is -2.46. The van der Waals surface area contributed by atoms with Crippen molar-refractivity contribution in [3.63, 3.8) is 0 Å². The van der Waals surface area contributed by atoms with E-state index in [1.165, 1.54) is 19.2 Å². The summed E-state index contributed by atoms with van der Waals surface area (Å²) in [5.41, 5.74) is 1.07. The van der Waals surface area contributed by atoms with Gasteiger partial charge in [0.2, 0.25) is 15.9 Å². The first-order valence-electron chi connectivity index (χ1n) is 11.6. The van der Waals surface area contributed by atoms with Gasteiger partial charge in [0.25, 0.3) is 5.91 Å². The molecule has 9 heteroatoms. The summed E-state index contributed by atoms with van der Waals surface area (Å²) in [6, 6.07) is 19.7. The van der Waals surface area contributed by atoms with Crippen molar-refractivity contribution in [2.75, 3.05) is 18.6 Å². The maximum atomic E-state index is 13.9. The van der Waals surface area contributed by atoms with Crippen molar-refractivity contribution in [2.24, 2.45) is 0 Å². The minimum absolute atomic E-state index is 0.00541. The molecule has 1 fully saturated rings. The number of benzene rings is 3. The van der Waals surface area contributed by atoms with Gasteiger partial charge in [-0.3, -0.25) is 9.59 Å². The zero-order chi connectivity index (χ0) is 25.9. The van der Waals surface area contributed by atoms with Gasteiger partial charge in [0.1, 0.15) is 17.5 Å². The second kappa shape index (κ2) is 10.5. The highest BCUT2D eigenvalue weighted by molar-refractivity contribution is 7.89. The van der Waals surface area contributed by atoms with Crippen LogP contribution in [0.1, 0.15) is 31.9 Å². The van der Waals surface area contributed by atoms with E-state index < -0.39 is 33.9 Å². The second-order valence-corrected chi connectivity index (χ2v) is 10.2. The van der Waals surface area contributed by atoms with Gasteiger partial charge in [0, 0.05) is 6.04 Å². The van der Waals surface area contributed by atoms with E-state index in [2.05, 4.69) is 0 Å². The van der Waals surface area contributed by atoms with Crippen LogP contribution in [0, 0.1) is 0 Å². The van der Waals surface area contributed by atoms with Gasteiger partial charge in [-0.2, -0.15) is 4.31 Å². The normalized spacial score (nSPS) is 16.9. The Morgan fingerprint density at radius 3 is 2.14 bits per heavy atom. The summed E-state index contributed by atoms with van der Waals surface area (Å²) in [6.45, 7) is 4.06. The van der Waals surface area contributed by atoms with Crippen LogP contribution in [0.2, 0.25) is 0 Å². The Kier molecular flexibility index (Phi) is 7.42. The Morgan fingerprint density at radius 1 is 0.944 bits per heavy atom. The zero-order valence-corrected chi connectivity index (χ0v) is 21.1. The Morgan fingerprint density at radius 2 is 1.56 bits per heavy atom. The fraction of sp³-hybridized carbons (Fsp3) is 0.259. The number of anilines is 1. The molecule has 1 aliphatic heterocycles. The predicted octanol–water partition coefficient (Wildman–Crippen LogP) is 4.18. The first-order valence-corrected chi connectivity index (χ1v) is 13.0. The number of methoxy groups -OCH3 is 1. The summed E-state index contributed by atoms with van der Waals surface area (Å²) in [7, 11) is -2.68. The molecular weight excluding hydrogens is 480 g/mol. The number of hydrogen-bond acceptors (Lipinski definition) is 6. The predicted molar refractivity (Wildman–Crippen MR) is 135 cm³/mol. The van der Waals surface area contributed by atoms with Crippen molar-refractivity contribution in [3.8, 4) is 11.5 Å². The Hall–Kier alpha value is -3.69. The first kappa shape index (κ1) is 25.4. The molecule has 3 aromatic carbocycles. The van der Waals surface area contributed by atoms with Crippen molar-refractivity contribution in [1.29, 1.82) is 0 Å². The number of nitrogens with zero attached hydrogens (tertiary/aromatic N) is 2. The van der Waals surface area contributed by atoms with E-state index in [1.807, 2.05) is 13.0 Å². The van der Waals surface area contributed by atoms with E-state index in [1.54, 1.807) is 67.6 Å². The van der Waals surface area contributed by atoms with Gasteiger partial charge in [0.15, 0.2) is 0 Å². The van der Waals surface area contributed by atoms with E-state index in [-0.39, 0.29) is 11.3 Å². The molecule has 3 aromatic rings. The molecule has 188 valence electrons. The maximum absolute atomic E-state index is 13.9. The van der Waals surface area contributed by atoms with E-state index in [0.717, 1.165) is 9.21 Å². The van der Waals surface area contributed by atoms with Crippen molar-refractivity contribution in [3.05, 3.63) is 84.4 Å². The van der Waals surface area contributed by atoms with Crippen LogP contribution in [0.25, 0.3) is 0 Å². The number of carbonyl (C=O) groups excluding carboxylic acids is 2. The molecule has 2 atom stereocenters. The number of hydrogen-bond donors (Lipinski definition) is 0. The number of rotatable bonds is 9. The number of sulfonamides is 1. The smallest absolute Gasteiger partial charge is 0.252 e. The third-order valence-electron chi connectivity index (χ3n) is 6.13. The lowest BCUT2D eigenvalue weighted by molar-refractivity contribution is -0.122. The van der Waals surface area contributed by atoms with Crippen LogP contribution in [0.15, 0.2) is 83.8 Å². The molecule has 1 heterocycles. The summed E-state index contributed by atoms with van der Waals surface area (Å²) in [6.07, 6.45) is -0.265. The molecule has 0 N–H and O–H groups in total. The standard InChI is InChI=1S/C27H28N2O6S/c1-4-35-23-12-10-21(11-13-23)28-26(30)18-25(27(28)31)29(19(2)20-8-6-5-7-9-20)36(32,33)24-16-14-22(34-3)15-17-24/h5-17,19,25H,4,18H2,1-3H3. The molecule has 1 saturated heterocycles. The molecule has 8 nitrogen and oxygen atoms in total. The van der Waals surface area contributed by atoms with Crippen LogP contribution in [0.3, 0.4) is 0 Å². The third kappa shape index (κ3) is 4.84. The molecule has 0 aliphatic carbocycles. The number of imide groups is 1. The Bertz CT molecular complexity index is 1320. The SMILES string of the molecule is CCOc1ccc(N2C(=O)CC(N(C(C)c3ccccc3)S(=O)(=O)c3ccc(OC)cc3)C2=O)cc1. The van der Waals surface area contributed by atoms with Crippen LogP contribution in [0.4, 0.5) is 5.69 Å². The summed E-state index contributed by atoms with van der Waals surface area (Å²) in [5.74, 6) is 0.0529.